The number of nitrogens with zero attached hydrogens (tertiary/aromatic N) is 1. The van der Waals surface area contributed by atoms with Gasteiger partial charge >= 0.3 is 5.97 Å². The molecule has 2 rings (SSSR count). The molecule has 2 aromatic carbocycles. The van der Waals surface area contributed by atoms with Crippen molar-refractivity contribution in [2.75, 3.05) is 31.6 Å². The molecule has 29 heavy (non-hydrogen) atoms. The highest BCUT2D eigenvalue weighted by Crippen LogP contribution is 2.19. The fourth-order valence-electron chi connectivity index (χ4n) is 2.62. The average Bonchev–Trinajstić information content (AvgIpc) is 2.71. The molecule has 0 saturated heterocycles. The minimum atomic E-state index is -0.710. The quantitative estimate of drug-likeness (QED) is 0.584. The van der Waals surface area contributed by atoms with Gasteiger partial charge in [0.1, 0.15) is 12.4 Å². The minimum Gasteiger partial charge on any atom is -0.481 e. The van der Waals surface area contributed by atoms with Crippen LogP contribution in [0.5, 0.6) is 5.75 Å². The number of halogens is 1. The maximum Gasteiger partial charge on any atom is 0.338 e. The lowest BCUT2D eigenvalue weighted by Gasteiger charge is -2.17. The largest absolute Gasteiger partial charge is 0.481 e. The van der Waals surface area contributed by atoms with E-state index in [4.69, 9.17) is 21.1 Å². The van der Waals surface area contributed by atoms with Crippen LogP contribution in [-0.4, -0.2) is 49.1 Å². The Morgan fingerprint density at radius 1 is 1.10 bits per heavy atom. The molecular weight excluding hydrogens is 392 g/mol. The van der Waals surface area contributed by atoms with Crippen molar-refractivity contribution in [2.24, 2.45) is 0 Å². The molecule has 7 heteroatoms. The van der Waals surface area contributed by atoms with E-state index in [1.807, 2.05) is 0 Å². The van der Waals surface area contributed by atoms with Crippen LogP contribution in [0.2, 0.25) is 5.02 Å². The molecule has 0 aliphatic rings. The topological polar surface area (TPSA) is 67.9 Å². The van der Waals surface area contributed by atoms with Gasteiger partial charge in [-0.15, -0.1) is 0 Å². The van der Waals surface area contributed by atoms with Crippen LogP contribution >= 0.6 is 11.6 Å². The van der Waals surface area contributed by atoms with Gasteiger partial charge in [-0.2, -0.15) is 0 Å². The Labute approximate surface area is 176 Å². The lowest BCUT2D eigenvalue weighted by atomic mass is 10.2. The molecule has 0 spiro atoms. The summed E-state index contributed by atoms with van der Waals surface area (Å²) in [5.74, 6) is -0.171. The summed E-state index contributed by atoms with van der Waals surface area (Å²) in [4.78, 5) is 26.6. The van der Waals surface area contributed by atoms with Crippen molar-refractivity contribution < 1.29 is 19.1 Å². The van der Waals surface area contributed by atoms with Gasteiger partial charge in [0.25, 0.3) is 5.91 Å². The molecule has 0 bridgehead atoms. The fraction of sp³-hybridized carbons (Fsp3) is 0.364. The summed E-state index contributed by atoms with van der Waals surface area (Å²) in [6, 6.07) is 13.4. The second-order valence-electron chi connectivity index (χ2n) is 6.45. The van der Waals surface area contributed by atoms with Gasteiger partial charge in [0.2, 0.25) is 0 Å². The van der Waals surface area contributed by atoms with Crippen LogP contribution in [0.25, 0.3) is 0 Å². The van der Waals surface area contributed by atoms with Gasteiger partial charge in [0.05, 0.1) is 5.56 Å². The number of benzene rings is 2. The van der Waals surface area contributed by atoms with E-state index in [1.165, 1.54) is 0 Å². The monoisotopic (exact) mass is 418 g/mol. The molecule has 0 fully saturated rings. The van der Waals surface area contributed by atoms with Gasteiger partial charge in [-0.25, -0.2) is 4.79 Å². The maximum atomic E-state index is 12.3. The zero-order valence-electron chi connectivity index (χ0n) is 17.0. The summed E-state index contributed by atoms with van der Waals surface area (Å²) in [5, 5.41) is 3.30. The molecule has 1 atom stereocenters. The second-order valence-corrected chi connectivity index (χ2v) is 6.88. The van der Waals surface area contributed by atoms with Crippen molar-refractivity contribution in [2.45, 2.75) is 26.9 Å². The molecule has 0 radical (unpaired) electrons. The smallest absolute Gasteiger partial charge is 0.338 e. The van der Waals surface area contributed by atoms with Crippen molar-refractivity contribution in [3.63, 3.8) is 0 Å². The summed E-state index contributed by atoms with van der Waals surface area (Å²) in [7, 11) is 0. The molecule has 156 valence electrons. The number of carbonyl (C=O) groups excluding carboxylic acids is 2. The third-order valence-corrected chi connectivity index (χ3v) is 4.64. The number of likely N-dealkylation sites (N-methyl/N-ethyl adjacent to an activating group) is 1. The van der Waals surface area contributed by atoms with Gasteiger partial charge in [0.15, 0.2) is 6.10 Å². The Morgan fingerprint density at radius 2 is 1.79 bits per heavy atom. The molecular formula is C22H27ClN2O4. The molecule has 0 aliphatic carbocycles. The Hall–Kier alpha value is -2.57. The molecule has 1 unspecified atom stereocenters. The summed E-state index contributed by atoms with van der Waals surface area (Å²) >= 11 is 5.92. The standard InChI is InChI=1S/C22H27ClN2O4/c1-4-25(5-2)13-14-28-22(27)17-9-11-19(12-10-17)24-21(26)16(3)29-20-8-6-7-18(23)15-20/h6-12,15-16H,4-5,13-14H2,1-3H3,(H,24,26). The highest BCUT2D eigenvalue weighted by atomic mass is 35.5. The van der Waals surface area contributed by atoms with Gasteiger partial charge in [-0.05, 0) is 62.5 Å². The molecule has 0 heterocycles. The first-order valence-electron chi connectivity index (χ1n) is 9.65. The lowest BCUT2D eigenvalue weighted by Crippen LogP contribution is -2.30. The zero-order valence-corrected chi connectivity index (χ0v) is 17.7. The van der Waals surface area contributed by atoms with E-state index in [9.17, 15) is 9.59 Å². The van der Waals surface area contributed by atoms with E-state index in [0.29, 0.717) is 35.2 Å². The number of carbonyl (C=O) groups is 2. The normalized spacial score (nSPS) is 11.8. The third-order valence-electron chi connectivity index (χ3n) is 4.40. The van der Waals surface area contributed by atoms with Crippen molar-refractivity contribution in [1.29, 1.82) is 0 Å². The first-order chi connectivity index (χ1) is 13.9. The van der Waals surface area contributed by atoms with Crippen LogP contribution in [0.3, 0.4) is 0 Å². The second kappa shape index (κ2) is 11.4. The Kier molecular flexibility index (Phi) is 8.96. The maximum absolute atomic E-state index is 12.3. The summed E-state index contributed by atoms with van der Waals surface area (Å²) in [6.07, 6.45) is -0.710. The number of hydrogen-bond acceptors (Lipinski definition) is 5. The highest BCUT2D eigenvalue weighted by Gasteiger charge is 2.15. The first-order valence-corrected chi connectivity index (χ1v) is 10.0. The van der Waals surface area contributed by atoms with Crippen molar-refractivity contribution in [1.82, 2.24) is 4.90 Å². The Balaban J connectivity index is 1.84. The van der Waals surface area contributed by atoms with Gasteiger partial charge < -0.3 is 19.7 Å². The average molecular weight is 419 g/mol. The van der Waals surface area contributed by atoms with Crippen LogP contribution in [0.1, 0.15) is 31.1 Å². The fourth-order valence-corrected chi connectivity index (χ4v) is 2.80. The number of rotatable bonds is 10. The van der Waals surface area contributed by atoms with Crippen molar-refractivity contribution in [3.05, 3.63) is 59.1 Å². The van der Waals surface area contributed by atoms with Gasteiger partial charge in [-0.3, -0.25) is 4.79 Å². The predicted molar refractivity (Wildman–Crippen MR) is 115 cm³/mol. The first kappa shape index (κ1) is 22.7. The molecule has 2 aromatic rings. The van der Waals surface area contributed by atoms with Crippen LogP contribution in [-0.2, 0) is 9.53 Å². The minimum absolute atomic E-state index is 0.306. The molecule has 0 aromatic heterocycles. The van der Waals surface area contributed by atoms with Crippen LogP contribution in [0, 0.1) is 0 Å². The number of esters is 1. The van der Waals surface area contributed by atoms with Gasteiger partial charge in [-0.1, -0.05) is 31.5 Å². The zero-order chi connectivity index (χ0) is 21.2. The summed E-state index contributed by atoms with van der Waals surface area (Å²) in [5.41, 5.74) is 1.00. The predicted octanol–water partition coefficient (Wildman–Crippen LogP) is 4.24. The molecule has 0 saturated carbocycles. The Morgan fingerprint density at radius 3 is 2.41 bits per heavy atom. The van der Waals surface area contributed by atoms with Crippen LogP contribution in [0.4, 0.5) is 5.69 Å². The highest BCUT2D eigenvalue weighted by molar-refractivity contribution is 6.30. The number of amides is 1. The van der Waals surface area contributed by atoms with Crippen LogP contribution < -0.4 is 10.1 Å². The van der Waals surface area contributed by atoms with E-state index in [2.05, 4.69) is 24.1 Å². The molecule has 6 nitrogen and oxygen atoms in total. The van der Waals surface area contributed by atoms with E-state index in [-0.39, 0.29) is 11.9 Å². The number of anilines is 1. The SMILES string of the molecule is CCN(CC)CCOC(=O)c1ccc(NC(=O)C(C)Oc2cccc(Cl)c2)cc1. The van der Waals surface area contributed by atoms with E-state index >= 15 is 0 Å². The summed E-state index contributed by atoms with van der Waals surface area (Å²) < 4.78 is 10.9. The van der Waals surface area contributed by atoms with E-state index in [1.54, 1.807) is 55.5 Å². The molecule has 1 amide bonds. The number of nitrogens with one attached hydrogen (secondary N) is 1. The summed E-state index contributed by atoms with van der Waals surface area (Å²) in [6.45, 7) is 8.68. The molecule has 0 aliphatic heterocycles. The Bertz CT molecular complexity index is 807. The number of ether oxygens (including phenoxy) is 2. The van der Waals surface area contributed by atoms with Crippen molar-refractivity contribution >= 4 is 29.2 Å². The van der Waals surface area contributed by atoms with E-state index in [0.717, 1.165) is 13.1 Å². The number of hydrogen-bond donors (Lipinski definition) is 1. The van der Waals surface area contributed by atoms with Crippen LogP contribution in [0.15, 0.2) is 48.5 Å². The van der Waals surface area contributed by atoms with Crippen molar-refractivity contribution in [3.8, 4) is 5.75 Å². The third kappa shape index (κ3) is 7.40. The lowest BCUT2D eigenvalue weighted by molar-refractivity contribution is -0.122. The van der Waals surface area contributed by atoms with E-state index < -0.39 is 6.10 Å². The van der Waals surface area contributed by atoms with Gasteiger partial charge in [0, 0.05) is 17.3 Å². The molecule has 1 N–H and O–H groups in total.